The lowest BCUT2D eigenvalue weighted by molar-refractivity contribution is -0.0893. The third kappa shape index (κ3) is 5.21. The van der Waals surface area contributed by atoms with E-state index >= 15 is 0 Å². The number of carbonyl (C=O) groups excluding carboxylic acids is 1. The SMILES string of the molecule is COC[C@]1(O)CCCC[C@H]1n1cnc(C(=O)N2CCNC[C@H]2Cc2ccccc2OC)c1-c1ccccc1. The monoisotopic (exact) mass is 518 g/mol. The maximum absolute atomic E-state index is 14.2. The molecule has 202 valence electrons. The van der Waals surface area contributed by atoms with Crippen molar-refractivity contribution in [2.24, 2.45) is 0 Å². The predicted octanol–water partition coefficient (Wildman–Crippen LogP) is 3.71. The third-order valence-electron chi connectivity index (χ3n) is 7.99. The highest BCUT2D eigenvalue weighted by Crippen LogP contribution is 2.41. The summed E-state index contributed by atoms with van der Waals surface area (Å²) in [5.41, 5.74) is 2.15. The van der Waals surface area contributed by atoms with Crippen molar-refractivity contribution >= 4 is 5.91 Å². The van der Waals surface area contributed by atoms with Crippen LogP contribution in [0.2, 0.25) is 0 Å². The standard InChI is InChI=1S/C30H38N4O4/c1-37-20-30(36)15-9-8-14-26(30)34-21-32-27(28(34)22-10-4-3-5-11-22)29(35)33-17-16-31-19-24(33)18-23-12-6-7-13-25(23)38-2/h3-7,10-13,21,24,26,31,36H,8-9,14-20H2,1-2H3/t24-,26-,30-/m1/s1. The second kappa shape index (κ2) is 11.7. The van der Waals surface area contributed by atoms with Gasteiger partial charge in [0.2, 0.25) is 0 Å². The van der Waals surface area contributed by atoms with Crippen LogP contribution in [0.15, 0.2) is 60.9 Å². The molecule has 2 N–H and O–H groups in total. The number of amides is 1. The first-order chi connectivity index (χ1) is 18.6. The van der Waals surface area contributed by atoms with E-state index in [1.54, 1.807) is 20.5 Å². The Hall–Kier alpha value is -3.20. The molecule has 1 aliphatic carbocycles. The summed E-state index contributed by atoms with van der Waals surface area (Å²) in [7, 11) is 3.30. The van der Waals surface area contributed by atoms with Crippen LogP contribution in [0, 0.1) is 0 Å². The van der Waals surface area contributed by atoms with Gasteiger partial charge in [-0.05, 0) is 30.9 Å². The van der Waals surface area contributed by atoms with Gasteiger partial charge in [0.25, 0.3) is 5.91 Å². The van der Waals surface area contributed by atoms with E-state index in [1.165, 1.54) is 0 Å². The van der Waals surface area contributed by atoms with E-state index in [1.807, 2.05) is 58.0 Å². The van der Waals surface area contributed by atoms with E-state index in [-0.39, 0.29) is 24.6 Å². The van der Waals surface area contributed by atoms with E-state index in [0.29, 0.717) is 31.6 Å². The second-order valence-electron chi connectivity index (χ2n) is 10.4. The summed E-state index contributed by atoms with van der Waals surface area (Å²) in [4.78, 5) is 20.9. The summed E-state index contributed by atoms with van der Waals surface area (Å²) in [6.07, 6.45) is 5.83. The Balaban J connectivity index is 1.53. The first-order valence-electron chi connectivity index (χ1n) is 13.5. The maximum Gasteiger partial charge on any atom is 0.275 e. The molecule has 3 aromatic rings. The highest BCUT2D eigenvalue weighted by atomic mass is 16.5. The van der Waals surface area contributed by atoms with Crippen LogP contribution in [0.4, 0.5) is 0 Å². The fourth-order valence-corrected chi connectivity index (χ4v) is 6.13. The number of hydrogen-bond acceptors (Lipinski definition) is 6. The van der Waals surface area contributed by atoms with E-state index in [2.05, 4.69) is 11.4 Å². The summed E-state index contributed by atoms with van der Waals surface area (Å²) in [6, 6.07) is 17.6. The minimum Gasteiger partial charge on any atom is -0.496 e. The number of hydrogen-bond donors (Lipinski definition) is 2. The minimum absolute atomic E-state index is 0.0403. The van der Waals surface area contributed by atoms with Crippen LogP contribution in [0.3, 0.4) is 0 Å². The Labute approximate surface area is 224 Å². The molecule has 38 heavy (non-hydrogen) atoms. The average molecular weight is 519 g/mol. The molecule has 2 heterocycles. The van der Waals surface area contributed by atoms with E-state index in [9.17, 15) is 9.90 Å². The molecule has 3 atom stereocenters. The number of nitrogens with zero attached hydrogens (tertiary/aromatic N) is 3. The zero-order valence-electron chi connectivity index (χ0n) is 22.3. The number of carbonyl (C=O) groups is 1. The lowest BCUT2D eigenvalue weighted by atomic mass is 9.80. The molecule has 2 fully saturated rings. The van der Waals surface area contributed by atoms with Crippen LogP contribution in [0.25, 0.3) is 11.3 Å². The Kier molecular flexibility index (Phi) is 8.12. The van der Waals surface area contributed by atoms with Crippen LogP contribution >= 0.6 is 0 Å². The molecule has 1 saturated heterocycles. The molecule has 5 rings (SSSR count). The second-order valence-corrected chi connectivity index (χ2v) is 10.4. The predicted molar refractivity (Wildman–Crippen MR) is 146 cm³/mol. The van der Waals surface area contributed by atoms with Crippen molar-refractivity contribution in [1.29, 1.82) is 0 Å². The Morgan fingerprint density at radius 2 is 1.92 bits per heavy atom. The van der Waals surface area contributed by atoms with Gasteiger partial charge in [0.1, 0.15) is 11.4 Å². The van der Waals surface area contributed by atoms with Crippen LogP contribution < -0.4 is 10.1 Å². The van der Waals surface area contributed by atoms with Gasteiger partial charge in [0.15, 0.2) is 5.69 Å². The Morgan fingerprint density at radius 1 is 1.13 bits per heavy atom. The molecule has 0 bridgehead atoms. The van der Waals surface area contributed by atoms with Gasteiger partial charge < -0.3 is 29.4 Å². The highest BCUT2D eigenvalue weighted by molar-refractivity contribution is 5.98. The van der Waals surface area contributed by atoms with E-state index in [0.717, 1.165) is 48.4 Å². The van der Waals surface area contributed by atoms with Crippen molar-refractivity contribution < 1.29 is 19.4 Å². The molecule has 0 radical (unpaired) electrons. The van der Waals surface area contributed by atoms with Gasteiger partial charge in [-0.2, -0.15) is 0 Å². The molecule has 2 aromatic carbocycles. The molecule has 1 aromatic heterocycles. The summed E-state index contributed by atoms with van der Waals surface area (Å²) >= 11 is 0. The van der Waals surface area contributed by atoms with Crippen molar-refractivity contribution in [2.75, 3.05) is 40.5 Å². The van der Waals surface area contributed by atoms with Gasteiger partial charge in [0.05, 0.1) is 31.8 Å². The summed E-state index contributed by atoms with van der Waals surface area (Å²) in [5, 5.41) is 15.1. The number of ether oxygens (including phenoxy) is 2. The largest absolute Gasteiger partial charge is 0.496 e. The van der Waals surface area contributed by atoms with Gasteiger partial charge in [-0.25, -0.2) is 4.98 Å². The minimum atomic E-state index is -1.01. The van der Waals surface area contributed by atoms with Crippen molar-refractivity contribution in [3.05, 3.63) is 72.2 Å². The van der Waals surface area contributed by atoms with Gasteiger partial charge in [-0.3, -0.25) is 4.79 Å². The van der Waals surface area contributed by atoms with Crippen LogP contribution in [-0.4, -0.2) is 77.6 Å². The van der Waals surface area contributed by atoms with Gasteiger partial charge in [0, 0.05) is 38.3 Å². The van der Waals surface area contributed by atoms with E-state index < -0.39 is 5.60 Å². The number of nitrogens with one attached hydrogen (secondary N) is 1. The fraction of sp³-hybridized carbons (Fsp3) is 0.467. The molecule has 0 unspecified atom stereocenters. The smallest absolute Gasteiger partial charge is 0.275 e. The normalized spacial score (nSPS) is 23.8. The maximum atomic E-state index is 14.2. The summed E-state index contributed by atoms with van der Waals surface area (Å²) < 4.78 is 13.1. The van der Waals surface area contributed by atoms with Crippen LogP contribution in [0.1, 0.15) is 47.8 Å². The van der Waals surface area contributed by atoms with E-state index in [4.69, 9.17) is 14.5 Å². The number of imidazole rings is 1. The van der Waals surface area contributed by atoms with Gasteiger partial charge >= 0.3 is 0 Å². The topological polar surface area (TPSA) is 88.8 Å². The lowest BCUT2D eigenvalue weighted by Crippen LogP contribution is -2.54. The number of aliphatic hydroxyl groups is 1. The molecular formula is C30H38N4O4. The fourth-order valence-electron chi connectivity index (χ4n) is 6.13. The van der Waals surface area contributed by atoms with Crippen LogP contribution in [-0.2, 0) is 11.2 Å². The van der Waals surface area contributed by atoms with Gasteiger partial charge in [-0.15, -0.1) is 0 Å². The number of benzene rings is 2. The average Bonchev–Trinajstić information content (AvgIpc) is 3.39. The number of piperazine rings is 1. The Morgan fingerprint density at radius 3 is 2.71 bits per heavy atom. The zero-order valence-corrected chi connectivity index (χ0v) is 22.3. The molecule has 0 spiro atoms. The van der Waals surface area contributed by atoms with Crippen molar-refractivity contribution in [2.45, 2.75) is 49.8 Å². The van der Waals surface area contributed by atoms with Crippen molar-refractivity contribution in [1.82, 2.24) is 19.8 Å². The number of methoxy groups -OCH3 is 2. The number of aromatic nitrogens is 2. The summed E-state index contributed by atoms with van der Waals surface area (Å²) in [5.74, 6) is 0.740. The quantitative estimate of drug-likeness (QED) is 0.473. The molecule has 1 amide bonds. The van der Waals surface area contributed by atoms with Crippen molar-refractivity contribution in [3.63, 3.8) is 0 Å². The number of para-hydroxylation sites is 1. The third-order valence-corrected chi connectivity index (χ3v) is 7.99. The summed E-state index contributed by atoms with van der Waals surface area (Å²) in [6.45, 7) is 2.26. The molecule has 1 aliphatic heterocycles. The first-order valence-corrected chi connectivity index (χ1v) is 13.5. The molecule has 8 heteroatoms. The lowest BCUT2D eigenvalue weighted by Gasteiger charge is -2.41. The molecule has 2 aliphatic rings. The molecule has 1 saturated carbocycles. The molecule has 8 nitrogen and oxygen atoms in total. The van der Waals surface area contributed by atoms with Crippen molar-refractivity contribution in [3.8, 4) is 17.0 Å². The Bertz CT molecular complexity index is 1230. The van der Waals surface area contributed by atoms with Gasteiger partial charge in [-0.1, -0.05) is 61.4 Å². The zero-order chi connectivity index (χ0) is 26.5. The first kappa shape index (κ1) is 26.4. The molecular weight excluding hydrogens is 480 g/mol. The van der Waals surface area contributed by atoms with Crippen LogP contribution in [0.5, 0.6) is 5.75 Å². The number of rotatable bonds is 8. The highest BCUT2D eigenvalue weighted by Gasteiger charge is 2.42.